The van der Waals surface area contributed by atoms with E-state index in [0.29, 0.717) is 17.4 Å². The van der Waals surface area contributed by atoms with Crippen molar-refractivity contribution >= 4 is 11.9 Å². The van der Waals surface area contributed by atoms with Crippen LogP contribution in [0.5, 0.6) is 11.5 Å². The SMILES string of the molecule is COc1ccc(C(CC(=O)O)NC(=O)c2cccc(C(F)(F)F)c2)c(OC)c1. The molecule has 2 N–H and O–H groups in total. The Morgan fingerprint density at radius 1 is 1.11 bits per heavy atom. The third kappa shape index (κ3) is 5.15. The maximum atomic E-state index is 12.9. The molecule has 2 rings (SSSR count). The minimum atomic E-state index is -4.60. The maximum Gasteiger partial charge on any atom is 0.416 e. The van der Waals surface area contributed by atoms with Gasteiger partial charge in [0.05, 0.1) is 32.2 Å². The van der Waals surface area contributed by atoms with Gasteiger partial charge in [0.15, 0.2) is 0 Å². The van der Waals surface area contributed by atoms with Crippen LogP contribution in [0.3, 0.4) is 0 Å². The number of ether oxygens (including phenoxy) is 2. The van der Waals surface area contributed by atoms with Crippen molar-refractivity contribution in [1.82, 2.24) is 5.32 Å². The molecule has 0 aliphatic heterocycles. The number of rotatable bonds is 7. The number of hydrogen-bond donors (Lipinski definition) is 2. The van der Waals surface area contributed by atoms with Crippen molar-refractivity contribution in [1.29, 1.82) is 0 Å². The van der Waals surface area contributed by atoms with Crippen LogP contribution in [0.1, 0.15) is 33.9 Å². The Labute approximate surface area is 158 Å². The average molecular weight is 397 g/mol. The van der Waals surface area contributed by atoms with Crippen LogP contribution in [0.15, 0.2) is 42.5 Å². The summed E-state index contributed by atoms with van der Waals surface area (Å²) in [4.78, 5) is 23.7. The van der Waals surface area contributed by atoms with Gasteiger partial charge in [0.25, 0.3) is 5.91 Å². The predicted molar refractivity (Wildman–Crippen MR) is 93.5 cm³/mol. The second-order valence-corrected chi connectivity index (χ2v) is 5.81. The van der Waals surface area contributed by atoms with Gasteiger partial charge in [-0.05, 0) is 30.3 Å². The largest absolute Gasteiger partial charge is 0.497 e. The lowest BCUT2D eigenvalue weighted by Gasteiger charge is -2.21. The van der Waals surface area contributed by atoms with Gasteiger partial charge < -0.3 is 19.9 Å². The number of carboxylic acids is 1. The minimum absolute atomic E-state index is 0.238. The minimum Gasteiger partial charge on any atom is -0.497 e. The van der Waals surface area contributed by atoms with Crippen LogP contribution in [-0.4, -0.2) is 31.2 Å². The van der Waals surface area contributed by atoms with Crippen molar-refractivity contribution in [2.24, 2.45) is 0 Å². The first-order valence-electron chi connectivity index (χ1n) is 8.07. The van der Waals surface area contributed by atoms with E-state index < -0.39 is 36.1 Å². The van der Waals surface area contributed by atoms with Crippen molar-refractivity contribution in [2.45, 2.75) is 18.6 Å². The molecule has 2 aromatic rings. The first-order chi connectivity index (χ1) is 13.2. The topological polar surface area (TPSA) is 84.9 Å². The number of halogens is 3. The van der Waals surface area contributed by atoms with Crippen LogP contribution in [-0.2, 0) is 11.0 Å². The fraction of sp³-hybridized carbons (Fsp3) is 0.263. The van der Waals surface area contributed by atoms with Crippen molar-refractivity contribution < 1.29 is 37.3 Å². The highest BCUT2D eigenvalue weighted by Crippen LogP contribution is 2.32. The number of hydrogen-bond acceptors (Lipinski definition) is 4. The Balaban J connectivity index is 2.35. The third-order valence-electron chi connectivity index (χ3n) is 3.95. The van der Waals surface area contributed by atoms with E-state index in [9.17, 15) is 27.9 Å². The zero-order valence-electron chi connectivity index (χ0n) is 15.0. The van der Waals surface area contributed by atoms with Crippen LogP contribution in [0.2, 0.25) is 0 Å². The van der Waals surface area contributed by atoms with E-state index in [2.05, 4.69) is 5.32 Å². The summed E-state index contributed by atoms with van der Waals surface area (Å²) in [5.41, 5.74) is -0.860. The summed E-state index contributed by atoms with van der Waals surface area (Å²) in [6, 6.07) is 7.45. The molecule has 0 aliphatic carbocycles. The highest BCUT2D eigenvalue weighted by molar-refractivity contribution is 5.95. The molecule has 9 heteroatoms. The highest BCUT2D eigenvalue weighted by atomic mass is 19.4. The summed E-state index contributed by atoms with van der Waals surface area (Å²) in [5, 5.41) is 11.6. The molecule has 0 saturated heterocycles. The van der Waals surface area contributed by atoms with Crippen LogP contribution in [0.4, 0.5) is 13.2 Å². The van der Waals surface area contributed by atoms with E-state index >= 15 is 0 Å². The summed E-state index contributed by atoms with van der Waals surface area (Å²) < 4.78 is 48.9. The molecule has 0 spiro atoms. The number of methoxy groups -OCH3 is 2. The van der Waals surface area contributed by atoms with Crippen LogP contribution in [0, 0.1) is 0 Å². The maximum absolute atomic E-state index is 12.9. The van der Waals surface area contributed by atoms with Crippen molar-refractivity contribution in [3.8, 4) is 11.5 Å². The van der Waals surface area contributed by atoms with E-state index in [1.54, 1.807) is 6.07 Å². The molecule has 0 bridgehead atoms. The Kier molecular flexibility index (Phi) is 6.50. The van der Waals surface area contributed by atoms with Gasteiger partial charge in [-0.1, -0.05) is 6.07 Å². The van der Waals surface area contributed by atoms with E-state index in [4.69, 9.17) is 9.47 Å². The summed E-state index contributed by atoms with van der Waals surface area (Å²) in [6.07, 6.45) is -5.09. The molecule has 0 aromatic heterocycles. The van der Waals surface area contributed by atoms with E-state index in [1.165, 1.54) is 32.4 Å². The first kappa shape index (κ1) is 21.1. The lowest BCUT2D eigenvalue weighted by atomic mass is 10.0. The predicted octanol–water partition coefficient (Wildman–Crippen LogP) is 3.67. The number of amides is 1. The van der Waals surface area contributed by atoms with Crippen molar-refractivity contribution in [3.05, 3.63) is 59.2 Å². The Morgan fingerprint density at radius 3 is 2.39 bits per heavy atom. The number of aliphatic carboxylic acids is 1. The van der Waals surface area contributed by atoms with Crippen LogP contribution >= 0.6 is 0 Å². The standard InChI is InChI=1S/C19H18F3NO5/c1-27-13-6-7-14(16(9-13)28-2)15(10-17(24)25)23-18(26)11-4-3-5-12(8-11)19(20,21)22/h3-9,15H,10H2,1-2H3,(H,23,26)(H,24,25). The van der Waals surface area contributed by atoms with Crippen LogP contribution < -0.4 is 14.8 Å². The Morgan fingerprint density at radius 2 is 1.82 bits per heavy atom. The van der Waals surface area contributed by atoms with Gasteiger partial charge in [0, 0.05) is 17.2 Å². The molecule has 0 saturated carbocycles. The molecule has 1 unspecified atom stereocenters. The Bertz CT molecular complexity index is 867. The van der Waals surface area contributed by atoms with Gasteiger partial charge in [-0.2, -0.15) is 13.2 Å². The zero-order chi connectivity index (χ0) is 20.9. The lowest BCUT2D eigenvalue weighted by molar-refractivity contribution is -0.138. The fourth-order valence-electron chi connectivity index (χ4n) is 2.60. The zero-order valence-corrected chi connectivity index (χ0v) is 15.0. The number of carboxylic acid groups (broad SMARTS) is 1. The molecule has 6 nitrogen and oxygen atoms in total. The van der Waals surface area contributed by atoms with Gasteiger partial charge in [0.1, 0.15) is 11.5 Å². The smallest absolute Gasteiger partial charge is 0.416 e. The number of carbonyl (C=O) groups excluding carboxylic acids is 1. The van der Waals surface area contributed by atoms with Crippen LogP contribution in [0.25, 0.3) is 0 Å². The molecular weight excluding hydrogens is 379 g/mol. The van der Waals surface area contributed by atoms with Gasteiger partial charge in [0.2, 0.25) is 0 Å². The highest BCUT2D eigenvalue weighted by Gasteiger charge is 2.31. The summed E-state index contributed by atoms with van der Waals surface area (Å²) in [6.45, 7) is 0. The van der Waals surface area contributed by atoms with E-state index in [-0.39, 0.29) is 11.3 Å². The molecule has 1 amide bonds. The monoisotopic (exact) mass is 397 g/mol. The number of alkyl halides is 3. The quantitative estimate of drug-likeness (QED) is 0.745. The van der Waals surface area contributed by atoms with Crippen molar-refractivity contribution in [2.75, 3.05) is 14.2 Å². The first-order valence-corrected chi connectivity index (χ1v) is 8.07. The number of carbonyl (C=O) groups is 2. The number of benzene rings is 2. The summed E-state index contributed by atoms with van der Waals surface area (Å²) in [7, 11) is 2.81. The van der Waals surface area contributed by atoms with Gasteiger partial charge in [-0.25, -0.2) is 0 Å². The summed E-state index contributed by atoms with van der Waals surface area (Å²) >= 11 is 0. The Hall–Kier alpha value is -3.23. The van der Waals surface area contributed by atoms with Gasteiger partial charge in [-0.15, -0.1) is 0 Å². The molecule has 150 valence electrons. The number of nitrogens with one attached hydrogen (secondary N) is 1. The fourth-order valence-corrected chi connectivity index (χ4v) is 2.60. The molecule has 2 aromatic carbocycles. The van der Waals surface area contributed by atoms with Gasteiger partial charge in [-0.3, -0.25) is 9.59 Å². The van der Waals surface area contributed by atoms with E-state index in [0.717, 1.165) is 12.1 Å². The molecule has 0 aliphatic rings. The molecule has 0 radical (unpaired) electrons. The van der Waals surface area contributed by atoms with E-state index in [1.807, 2.05) is 0 Å². The molecule has 0 heterocycles. The summed E-state index contributed by atoms with van der Waals surface area (Å²) in [5.74, 6) is -1.31. The van der Waals surface area contributed by atoms with Crippen molar-refractivity contribution in [3.63, 3.8) is 0 Å². The molecular formula is C19H18F3NO5. The average Bonchev–Trinajstić information content (AvgIpc) is 2.66. The third-order valence-corrected chi connectivity index (χ3v) is 3.95. The normalized spacial score (nSPS) is 12.2. The molecule has 28 heavy (non-hydrogen) atoms. The molecule has 1 atom stereocenters. The van der Waals surface area contributed by atoms with Gasteiger partial charge >= 0.3 is 12.1 Å². The lowest BCUT2D eigenvalue weighted by Crippen LogP contribution is -2.30. The second-order valence-electron chi connectivity index (χ2n) is 5.81. The second kappa shape index (κ2) is 8.64. The molecule has 0 fully saturated rings.